The zero-order valence-electron chi connectivity index (χ0n) is 8.73. The molecule has 0 N–H and O–H groups in total. The smallest absolute Gasteiger partial charge is 0.250 e. The van der Waals surface area contributed by atoms with Gasteiger partial charge in [-0.1, -0.05) is 6.07 Å². The van der Waals surface area contributed by atoms with Crippen molar-refractivity contribution in [1.29, 1.82) is 0 Å². The molecule has 0 fully saturated rings. The van der Waals surface area contributed by atoms with Crippen LogP contribution in [-0.2, 0) is 13.1 Å². The molecule has 3 heteroatoms. The summed E-state index contributed by atoms with van der Waals surface area (Å²) in [6, 6.07) is 6.07. The van der Waals surface area contributed by atoms with Gasteiger partial charge >= 0.3 is 0 Å². The standard InChI is InChI=1S/C11H16N2O/c1-9(2)12-6-7-13-10(8-12)4-3-5-11(13)14/h3-5,9H,6-8H2,1-2H3. The second-order valence-electron chi connectivity index (χ2n) is 4.07. The predicted octanol–water partition coefficient (Wildman–Crippen LogP) is 1.07. The van der Waals surface area contributed by atoms with Crippen LogP contribution in [0.4, 0.5) is 0 Å². The highest BCUT2D eigenvalue weighted by Gasteiger charge is 2.17. The van der Waals surface area contributed by atoms with Crippen molar-refractivity contribution in [3.63, 3.8) is 0 Å². The molecule has 0 atom stereocenters. The maximum Gasteiger partial charge on any atom is 0.250 e. The first-order valence-electron chi connectivity index (χ1n) is 5.11. The molecule has 0 bridgehead atoms. The molecule has 0 aliphatic carbocycles. The summed E-state index contributed by atoms with van der Waals surface area (Å²) in [7, 11) is 0. The third kappa shape index (κ3) is 1.60. The van der Waals surface area contributed by atoms with Gasteiger partial charge in [-0.25, -0.2) is 0 Å². The number of hydrogen-bond acceptors (Lipinski definition) is 2. The fraction of sp³-hybridized carbons (Fsp3) is 0.545. The Hall–Kier alpha value is -1.09. The first kappa shape index (κ1) is 9.46. The van der Waals surface area contributed by atoms with Crippen LogP contribution in [0.3, 0.4) is 0 Å². The van der Waals surface area contributed by atoms with Crippen molar-refractivity contribution in [2.75, 3.05) is 6.54 Å². The van der Waals surface area contributed by atoms with E-state index in [4.69, 9.17) is 0 Å². The largest absolute Gasteiger partial charge is 0.310 e. The fourth-order valence-electron chi connectivity index (χ4n) is 1.91. The van der Waals surface area contributed by atoms with Crippen LogP contribution in [0.2, 0.25) is 0 Å². The quantitative estimate of drug-likeness (QED) is 0.665. The van der Waals surface area contributed by atoms with E-state index in [1.54, 1.807) is 6.07 Å². The summed E-state index contributed by atoms with van der Waals surface area (Å²) in [6.07, 6.45) is 0. The van der Waals surface area contributed by atoms with Gasteiger partial charge < -0.3 is 4.57 Å². The van der Waals surface area contributed by atoms with Crippen LogP contribution in [0.25, 0.3) is 0 Å². The monoisotopic (exact) mass is 192 g/mol. The third-order valence-corrected chi connectivity index (χ3v) is 2.85. The van der Waals surface area contributed by atoms with Crippen molar-refractivity contribution in [3.05, 3.63) is 34.2 Å². The Kier molecular flexibility index (Phi) is 2.42. The summed E-state index contributed by atoms with van der Waals surface area (Å²) in [5, 5.41) is 0. The van der Waals surface area contributed by atoms with E-state index in [9.17, 15) is 4.79 Å². The summed E-state index contributed by atoms with van der Waals surface area (Å²) in [6.45, 7) is 7.09. The summed E-state index contributed by atoms with van der Waals surface area (Å²) in [5.41, 5.74) is 1.27. The second-order valence-corrected chi connectivity index (χ2v) is 4.07. The van der Waals surface area contributed by atoms with Crippen molar-refractivity contribution in [3.8, 4) is 0 Å². The van der Waals surface area contributed by atoms with Gasteiger partial charge in [0, 0.05) is 37.4 Å². The Morgan fingerprint density at radius 1 is 1.29 bits per heavy atom. The molecule has 76 valence electrons. The van der Waals surface area contributed by atoms with Crippen LogP contribution in [0.5, 0.6) is 0 Å². The lowest BCUT2D eigenvalue weighted by molar-refractivity contribution is 0.174. The van der Waals surface area contributed by atoms with E-state index >= 15 is 0 Å². The first-order chi connectivity index (χ1) is 6.68. The number of pyridine rings is 1. The van der Waals surface area contributed by atoms with Crippen LogP contribution in [0.1, 0.15) is 19.5 Å². The van der Waals surface area contributed by atoms with Gasteiger partial charge in [-0.2, -0.15) is 0 Å². The number of hydrogen-bond donors (Lipinski definition) is 0. The molecule has 0 saturated heterocycles. The van der Waals surface area contributed by atoms with Crippen LogP contribution >= 0.6 is 0 Å². The highest BCUT2D eigenvalue weighted by molar-refractivity contribution is 5.08. The topological polar surface area (TPSA) is 25.2 Å². The lowest BCUT2D eigenvalue weighted by atomic mass is 10.2. The molecule has 1 aliphatic rings. The van der Waals surface area contributed by atoms with E-state index in [2.05, 4.69) is 18.7 Å². The molecular formula is C11H16N2O. The molecule has 2 rings (SSSR count). The number of nitrogens with zero attached hydrogens (tertiary/aromatic N) is 2. The van der Waals surface area contributed by atoms with E-state index in [0.29, 0.717) is 6.04 Å². The molecule has 1 aromatic heterocycles. The second kappa shape index (κ2) is 3.58. The normalized spacial score (nSPS) is 17.1. The Labute approximate surface area is 84.0 Å². The first-order valence-corrected chi connectivity index (χ1v) is 5.11. The minimum absolute atomic E-state index is 0.130. The van der Waals surface area contributed by atoms with E-state index in [1.807, 2.05) is 16.7 Å². The van der Waals surface area contributed by atoms with Crippen LogP contribution in [0.15, 0.2) is 23.0 Å². The fourth-order valence-corrected chi connectivity index (χ4v) is 1.91. The molecule has 1 aromatic rings. The van der Waals surface area contributed by atoms with Crippen molar-refractivity contribution in [2.24, 2.45) is 0 Å². The lowest BCUT2D eigenvalue weighted by Crippen LogP contribution is -2.41. The molecule has 14 heavy (non-hydrogen) atoms. The maximum atomic E-state index is 11.5. The predicted molar refractivity (Wildman–Crippen MR) is 56.2 cm³/mol. The molecule has 0 unspecified atom stereocenters. The average molecular weight is 192 g/mol. The average Bonchev–Trinajstić information content (AvgIpc) is 2.17. The number of aromatic nitrogens is 1. The van der Waals surface area contributed by atoms with Crippen molar-refractivity contribution >= 4 is 0 Å². The molecule has 0 radical (unpaired) electrons. The number of fused-ring (bicyclic) bond motifs is 1. The van der Waals surface area contributed by atoms with Gasteiger partial charge in [0.05, 0.1) is 0 Å². The minimum Gasteiger partial charge on any atom is -0.310 e. The molecule has 0 aromatic carbocycles. The zero-order valence-corrected chi connectivity index (χ0v) is 8.73. The third-order valence-electron chi connectivity index (χ3n) is 2.85. The summed E-state index contributed by atoms with van der Waals surface area (Å²) >= 11 is 0. The van der Waals surface area contributed by atoms with Crippen LogP contribution < -0.4 is 5.56 Å². The minimum atomic E-state index is 0.130. The Morgan fingerprint density at radius 3 is 2.79 bits per heavy atom. The van der Waals surface area contributed by atoms with Gasteiger partial charge in [0.1, 0.15) is 0 Å². The van der Waals surface area contributed by atoms with E-state index in [1.165, 1.54) is 0 Å². The maximum absolute atomic E-state index is 11.5. The summed E-state index contributed by atoms with van der Waals surface area (Å²) < 4.78 is 1.87. The zero-order chi connectivity index (χ0) is 10.1. The van der Waals surface area contributed by atoms with Crippen LogP contribution in [0, 0.1) is 0 Å². The highest BCUT2D eigenvalue weighted by atomic mass is 16.1. The number of rotatable bonds is 1. The van der Waals surface area contributed by atoms with Crippen LogP contribution in [-0.4, -0.2) is 22.1 Å². The Morgan fingerprint density at radius 2 is 2.07 bits per heavy atom. The molecule has 1 aliphatic heterocycles. The Bertz CT molecular complexity index is 381. The van der Waals surface area contributed by atoms with Gasteiger partial charge in [-0.3, -0.25) is 9.69 Å². The highest BCUT2D eigenvalue weighted by Crippen LogP contribution is 2.11. The van der Waals surface area contributed by atoms with Crippen molar-refractivity contribution in [1.82, 2.24) is 9.47 Å². The van der Waals surface area contributed by atoms with Gasteiger partial charge in [0.2, 0.25) is 0 Å². The summed E-state index contributed by atoms with van der Waals surface area (Å²) in [5.74, 6) is 0. The van der Waals surface area contributed by atoms with Gasteiger partial charge in [0.15, 0.2) is 0 Å². The van der Waals surface area contributed by atoms with Crippen molar-refractivity contribution < 1.29 is 0 Å². The van der Waals surface area contributed by atoms with Gasteiger partial charge in [-0.05, 0) is 19.9 Å². The molecule has 2 heterocycles. The Balaban J connectivity index is 2.32. The van der Waals surface area contributed by atoms with E-state index in [0.717, 1.165) is 25.3 Å². The molecule has 0 amide bonds. The molecule has 3 nitrogen and oxygen atoms in total. The van der Waals surface area contributed by atoms with Gasteiger partial charge in [-0.15, -0.1) is 0 Å². The van der Waals surface area contributed by atoms with Gasteiger partial charge in [0.25, 0.3) is 5.56 Å². The molecule has 0 spiro atoms. The lowest BCUT2D eigenvalue weighted by Gasteiger charge is -2.32. The molecule has 0 saturated carbocycles. The summed E-state index contributed by atoms with van der Waals surface area (Å²) in [4.78, 5) is 13.9. The van der Waals surface area contributed by atoms with Crippen molar-refractivity contribution in [2.45, 2.75) is 33.0 Å². The van der Waals surface area contributed by atoms with E-state index in [-0.39, 0.29) is 5.56 Å². The van der Waals surface area contributed by atoms with E-state index < -0.39 is 0 Å². The SMILES string of the molecule is CC(C)N1CCn2c(cccc2=O)C1. The molecular weight excluding hydrogens is 176 g/mol.